The number of rotatable bonds is 5. The van der Waals surface area contributed by atoms with Crippen molar-refractivity contribution in [3.8, 4) is 0 Å². The molecule has 1 unspecified atom stereocenters. The highest BCUT2D eigenvalue weighted by atomic mass is 32.2. The van der Waals surface area contributed by atoms with Gasteiger partial charge in [-0.2, -0.15) is 0 Å². The largest absolute Gasteiger partial charge is 0.317 e. The van der Waals surface area contributed by atoms with E-state index in [-0.39, 0.29) is 11.1 Å². The average molecular weight is 230 g/mol. The first-order chi connectivity index (χ1) is 7.15. The molecule has 1 rings (SSSR count). The normalized spacial score (nSPS) is 19.5. The highest BCUT2D eigenvalue weighted by molar-refractivity contribution is 8.13. The van der Waals surface area contributed by atoms with E-state index in [1.165, 1.54) is 16.7 Å². The summed E-state index contributed by atoms with van der Waals surface area (Å²) in [5.41, 5.74) is 0. The zero-order valence-corrected chi connectivity index (χ0v) is 10.1. The molecule has 1 heterocycles. The van der Waals surface area contributed by atoms with Crippen LogP contribution >= 0.6 is 11.8 Å². The number of thioether (sulfide) groups is 1. The summed E-state index contributed by atoms with van der Waals surface area (Å²) in [4.78, 5) is 24.3. The first-order valence-electron chi connectivity index (χ1n) is 5.33. The minimum absolute atomic E-state index is 0.0258. The Morgan fingerprint density at radius 2 is 2.27 bits per heavy atom. The van der Waals surface area contributed by atoms with Crippen LogP contribution in [0.3, 0.4) is 0 Å². The SMILES string of the molecule is CCNCC(C)CN1C(=O)CCSC1=O. The first-order valence-corrected chi connectivity index (χ1v) is 6.31. The van der Waals surface area contributed by atoms with Crippen LogP contribution in [0.4, 0.5) is 4.79 Å². The van der Waals surface area contributed by atoms with Crippen molar-refractivity contribution >= 4 is 22.9 Å². The van der Waals surface area contributed by atoms with Crippen LogP contribution in [0.25, 0.3) is 0 Å². The Hall–Kier alpha value is -0.550. The third-order valence-electron chi connectivity index (χ3n) is 2.30. The van der Waals surface area contributed by atoms with E-state index >= 15 is 0 Å². The molecule has 15 heavy (non-hydrogen) atoms. The summed E-state index contributed by atoms with van der Waals surface area (Å²) in [6.07, 6.45) is 0.490. The van der Waals surface area contributed by atoms with Crippen molar-refractivity contribution in [1.29, 1.82) is 0 Å². The summed E-state index contributed by atoms with van der Waals surface area (Å²) in [5.74, 6) is 0.925. The van der Waals surface area contributed by atoms with Gasteiger partial charge in [0.2, 0.25) is 5.91 Å². The fourth-order valence-corrected chi connectivity index (χ4v) is 2.27. The molecule has 0 aromatic carbocycles. The number of nitrogens with zero attached hydrogens (tertiary/aromatic N) is 1. The second-order valence-electron chi connectivity index (χ2n) is 3.78. The van der Waals surface area contributed by atoms with Gasteiger partial charge in [-0.15, -0.1) is 0 Å². The lowest BCUT2D eigenvalue weighted by molar-refractivity contribution is -0.128. The number of hydrogen-bond acceptors (Lipinski definition) is 4. The summed E-state index contributed by atoms with van der Waals surface area (Å²) >= 11 is 1.24. The van der Waals surface area contributed by atoms with E-state index in [4.69, 9.17) is 0 Å². The quantitative estimate of drug-likeness (QED) is 0.774. The third kappa shape index (κ3) is 3.83. The summed E-state index contributed by atoms with van der Waals surface area (Å²) < 4.78 is 0. The number of carbonyl (C=O) groups excluding carboxylic acids is 2. The fourth-order valence-electron chi connectivity index (χ4n) is 1.48. The number of nitrogens with one attached hydrogen (secondary N) is 1. The van der Waals surface area contributed by atoms with Crippen LogP contribution < -0.4 is 5.32 Å². The van der Waals surface area contributed by atoms with Crippen molar-refractivity contribution in [2.24, 2.45) is 5.92 Å². The monoisotopic (exact) mass is 230 g/mol. The Labute approximate surface area is 94.8 Å². The van der Waals surface area contributed by atoms with E-state index in [1.54, 1.807) is 0 Å². The lowest BCUT2D eigenvalue weighted by Gasteiger charge is -2.26. The van der Waals surface area contributed by atoms with E-state index in [0.29, 0.717) is 24.6 Å². The Morgan fingerprint density at radius 3 is 2.87 bits per heavy atom. The Balaban J connectivity index is 2.40. The van der Waals surface area contributed by atoms with Gasteiger partial charge in [-0.3, -0.25) is 14.5 Å². The van der Waals surface area contributed by atoms with Gasteiger partial charge in [0, 0.05) is 18.7 Å². The Bertz CT molecular complexity index is 230. The van der Waals surface area contributed by atoms with E-state index < -0.39 is 0 Å². The molecule has 1 aliphatic rings. The van der Waals surface area contributed by atoms with E-state index in [2.05, 4.69) is 5.32 Å². The smallest absolute Gasteiger partial charge is 0.288 e. The maximum absolute atomic E-state index is 11.5. The summed E-state index contributed by atoms with van der Waals surface area (Å²) in [6.45, 7) is 6.39. The first kappa shape index (κ1) is 12.5. The fraction of sp³-hybridized carbons (Fsp3) is 0.800. The predicted octanol–water partition coefficient (Wildman–Crippen LogP) is 1.32. The molecule has 2 amide bonds. The number of carbonyl (C=O) groups is 2. The number of amides is 2. The summed E-state index contributed by atoms with van der Waals surface area (Å²) in [7, 11) is 0. The molecular weight excluding hydrogens is 212 g/mol. The maximum atomic E-state index is 11.5. The van der Waals surface area contributed by atoms with Crippen LogP contribution in [0.5, 0.6) is 0 Å². The van der Waals surface area contributed by atoms with E-state index in [1.807, 2.05) is 13.8 Å². The molecule has 1 saturated heterocycles. The van der Waals surface area contributed by atoms with Crippen LogP contribution in [-0.2, 0) is 4.79 Å². The molecule has 0 spiro atoms. The van der Waals surface area contributed by atoms with E-state index in [9.17, 15) is 9.59 Å². The Kier molecular flexibility index (Phi) is 5.11. The van der Waals surface area contributed by atoms with Crippen LogP contribution in [0.2, 0.25) is 0 Å². The highest BCUT2D eigenvalue weighted by Crippen LogP contribution is 2.19. The van der Waals surface area contributed by atoms with Gasteiger partial charge >= 0.3 is 0 Å². The minimum atomic E-state index is -0.0883. The molecule has 86 valence electrons. The second-order valence-corrected chi connectivity index (χ2v) is 4.83. The molecule has 5 heteroatoms. The summed E-state index contributed by atoms with van der Waals surface area (Å²) in [5, 5.41) is 3.12. The van der Waals surface area contributed by atoms with Crippen molar-refractivity contribution in [1.82, 2.24) is 10.2 Å². The number of hydrogen-bond donors (Lipinski definition) is 1. The minimum Gasteiger partial charge on any atom is -0.317 e. The van der Waals surface area contributed by atoms with Crippen molar-refractivity contribution < 1.29 is 9.59 Å². The average Bonchev–Trinajstić information content (AvgIpc) is 2.21. The van der Waals surface area contributed by atoms with Crippen molar-refractivity contribution in [2.45, 2.75) is 20.3 Å². The Morgan fingerprint density at radius 1 is 1.53 bits per heavy atom. The summed E-state index contributed by atoms with van der Waals surface area (Å²) in [6, 6.07) is 0. The molecule has 1 N–H and O–H groups in total. The highest BCUT2D eigenvalue weighted by Gasteiger charge is 2.27. The van der Waals surface area contributed by atoms with Gasteiger partial charge in [0.25, 0.3) is 5.24 Å². The zero-order valence-electron chi connectivity index (χ0n) is 9.28. The molecule has 0 aliphatic carbocycles. The topological polar surface area (TPSA) is 49.4 Å². The lowest BCUT2D eigenvalue weighted by Crippen LogP contribution is -2.42. The van der Waals surface area contributed by atoms with E-state index in [0.717, 1.165) is 13.1 Å². The number of imide groups is 1. The van der Waals surface area contributed by atoms with Gasteiger partial charge in [0.15, 0.2) is 0 Å². The van der Waals surface area contributed by atoms with Crippen molar-refractivity contribution in [2.75, 3.05) is 25.4 Å². The van der Waals surface area contributed by atoms with Crippen LogP contribution in [0.1, 0.15) is 20.3 Å². The van der Waals surface area contributed by atoms with Crippen LogP contribution in [0.15, 0.2) is 0 Å². The molecule has 4 nitrogen and oxygen atoms in total. The molecule has 0 saturated carbocycles. The lowest BCUT2D eigenvalue weighted by atomic mass is 10.1. The maximum Gasteiger partial charge on any atom is 0.288 e. The molecule has 0 aromatic heterocycles. The van der Waals surface area contributed by atoms with Gasteiger partial charge in [-0.1, -0.05) is 25.6 Å². The molecular formula is C10H18N2O2S. The van der Waals surface area contributed by atoms with Gasteiger partial charge in [0.1, 0.15) is 0 Å². The molecule has 1 fully saturated rings. The standard InChI is InChI=1S/C10H18N2O2S/c1-3-11-6-8(2)7-12-9(13)4-5-15-10(12)14/h8,11H,3-7H2,1-2H3. The van der Waals surface area contributed by atoms with Crippen LogP contribution in [0, 0.1) is 5.92 Å². The van der Waals surface area contributed by atoms with Crippen molar-refractivity contribution in [3.05, 3.63) is 0 Å². The third-order valence-corrected chi connectivity index (χ3v) is 3.18. The molecule has 0 bridgehead atoms. The molecule has 1 atom stereocenters. The van der Waals surface area contributed by atoms with Crippen molar-refractivity contribution in [3.63, 3.8) is 0 Å². The molecule has 0 radical (unpaired) electrons. The predicted molar refractivity (Wildman–Crippen MR) is 61.9 cm³/mol. The molecule has 0 aromatic rings. The van der Waals surface area contributed by atoms with Gasteiger partial charge in [-0.25, -0.2) is 0 Å². The second kappa shape index (κ2) is 6.12. The van der Waals surface area contributed by atoms with Crippen LogP contribution in [-0.4, -0.2) is 41.4 Å². The van der Waals surface area contributed by atoms with Gasteiger partial charge < -0.3 is 5.32 Å². The molecule has 1 aliphatic heterocycles. The van der Waals surface area contributed by atoms with Gasteiger partial charge in [0.05, 0.1) is 0 Å². The van der Waals surface area contributed by atoms with Gasteiger partial charge in [-0.05, 0) is 19.0 Å². The zero-order chi connectivity index (χ0) is 11.3.